The summed E-state index contributed by atoms with van der Waals surface area (Å²) in [5, 5.41) is 11.8. The Morgan fingerprint density at radius 1 is 1.19 bits per heavy atom. The average Bonchev–Trinajstić information content (AvgIpc) is 2.79. The van der Waals surface area contributed by atoms with Gasteiger partial charge < -0.3 is 15.4 Å². The molecule has 0 spiro atoms. The van der Waals surface area contributed by atoms with Gasteiger partial charge in [-0.1, -0.05) is 24.3 Å². The number of aryl methyl sites for hydroxylation is 1. The molecule has 9 nitrogen and oxygen atoms in total. The lowest BCUT2D eigenvalue weighted by atomic mass is 9.85. The molecule has 1 heterocycles. The third-order valence-corrected chi connectivity index (χ3v) is 5.88. The van der Waals surface area contributed by atoms with Crippen LogP contribution in [0.15, 0.2) is 35.1 Å². The molecule has 1 aromatic heterocycles. The molecule has 0 atom stereocenters. The molecular formula is C22H28ClN5O4. The fraction of sp³-hybridized carbons (Fsp3) is 0.409. The first-order valence-corrected chi connectivity index (χ1v) is 10.1. The van der Waals surface area contributed by atoms with Gasteiger partial charge in [0.25, 0.3) is 11.5 Å². The standard InChI is InChI=1S/C22H27N5O4.ClH/c1-26(16-10-8-15(9-11-16)22(30)31-3)20(28)17-12-18(25-27(2)21(17)29)13-4-6-14(7-5-13)19(23)24;/h4-7,12,15-16H,8-11H2,1-3H3,(H3,23,24);1H. The number of nitrogens with two attached hydrogens (primary N) is 1. The van der Waals surface area contributed by atoms with Crippen molar-refractivity contribution < 1.29 is 14.3 Å². The van der Waals surface area contributed by atoms with Crippen LogP contribution in [0.4, 0.5) is 0 Å². The van der Waals surface area contributed by atoms with Crippen LogP contribution in [-0.4, -0.2) is 52.6 Å². The minimum Gasteiger partial charge on any atom is -0.469 e. The molecule has 1 saturated carbocycles. The Morgan fingerprint density at radius 3 is 2.31 bits per heavy atom. The van der Waals surface area contributed by atoms with Crippen molar-refractivity contribution in [1.29, 1.82) is 5.41 Å². The number of aromatic nitrogens is 2. The third-order valence-electron chi connectivity index (χ3n) is 5.88. The van der Waals surface area contributed by atoms with E-state index in [1.807, 2.05) is 0 Å². The van der Waals surface area contributed by atoms with Crippen LogP contribution in [0.5, 0.6) is 0 Å². The zero-order valence-corrected chi connectivity index (χ0v) is 19.1. The van der Waals surface area contributed by atoms with Gasteiger partial charge in [-0.2, -0.15) is 5.10 Å². The molecule has 2 aromatic rings. The Balaban J connectivity index is 0.00000363. The van der Waals surface area contributed by atoms with Gasteiger partial charge in [-0.15, -0.1) is 12.4 Å². The van der Waals surface area contributed by atoms with E-state index in [9.17, 15) is 14.4 Å². The summed E-state index contributed by atoms with van der Waals surface area (Å²) in [4.78, 5) is 39.1. The van der Waals surface area contributed by atoms with Crippen LogP contribution in [0.25, 0.3) is 11.3 Å². The SMILES string of the molecule is COC(=O)C1CCC(N(C)C(=O)c2cc(-c3ccc(C(=N)N)cc3)nn(C)c2=O)CC1.Cl. The highest BCUT2D eigenvalue weighted by Gasteiger charge is 2.31. The summed E-state index contributed by atoms with van der Waals surface area (Å²) in [6.45, 7) is 0. The molecule has 0 saturated heterocycles. The number of hydrogen-bond acceptors (Lipinski definition) is 6. The first-order chi connectivity index (χ1) is 14.7. The number of ether oxygens (including phenoxy) is 1. The van der Waals surface area contributed by atoms with E-state index in [1.165, 1.54) is 20.2 Å². The van der Waals surface area contributed by atoms with E-state index in [1.54, 1.807) is 36.2 Å². The first kappa shape index (κ1) is 25.1. The Kier molecular flexibility index (Phi) is 8.15. The molecule has 10 heteroatoms. The average molecular weight is 462 g/mol. The summed E-state index contributed by atoms with van der Waals surface area (Å²) in [6.07, 6.45) is 2.65. The Bertz CT molecular complexity index is 1060. The van der Waals surface area contributed by atoms with Gasteiger partial charge >= 0.3 is 5.97 Å². The molecule has 0 aliphatic heterocycles. The van der Waals surface area contributed by atoms with Crippen molar-refractivity contribution in [2.75, 3.05) is 14.2 Å². The van der Waals surface area contributed by atoms with Crippen molar-refractivity contribution in [2.24, 2.45) is 18.7 Å². The van der Waals surface area contributed by atoms with E-state index < -0.39 is 5.56 Å². The van der Waals surface area contributed by atoms with E-state index in [0.717, 1.165) is 4.68 Å². The summed E-state index contributed by atoms with van der Waals surface area (Å²) in [6, 6.07) is 8.33. The zero-order chi connectivity index (χ0) is 22.7. The largest absolute Gasteiger partial charge is 0.469 e. The van der Waals surface area contributed by atoms with E-state index in [4.69, 9.17) is 15.9 Å². The molecule has 3 rings (SSSR count). The number of benzene rings is 1. The Labute approximate surface area is 192 Å². The van der Waals surface area contributed by atoms with E-state index in [2.05, 4.69) is 5.10 Å². The van der Waals surface area contributed by atoms with Crippen molar-refractivity contribution in [3.05, 3.63) is 51.8 Å². The minimum atomic E-state index is -0.468. The van der Waals surface area contributed by atoms with Gasteiger partial charge in [0.15, 0.2) is 0 Å². The van der Waals surface area contributed by atoms with Crippen LogP contribution in [0.3, 0.4) is 0 Å². The van der Waals surface area contributed by atoms with Gasteiger partial charge in [0.05, 0.1) is 18.7 Å². The Morgan fingerprint density at radius 2 is 1.78 bits per heavy atom. The van der Waals surface area contributed by atoms with Crippen LogP contribution in [0.2, 0.25) is 0 Å². The second-order valence-electron chi connectivity index (χ2n) is 7.81. The molecule has 172 valence electrons. The number of nitrogens with zero attached hydrogens (tertiary/aromatic N) is 3. The van der Waals surface area contributed by atoms with Gasteiger partial charge in [0.2, 0.25) is 0 Å². The highest BCUT2D eigenvalue weighted by molar-refractivity contribution is 5.96. The number of carbonyl (C=O) groups is 2. The summed E-state index contributed by atoms with van der Waals surface area (Å²) >= 11 is 0. The van der Waals surface area contributed by atoms with Crippen molar-refractivity contribution in [1.82, 2.24) is 14.7 Å². The minimum absolute atomic E-state index is 0. The summed E-state index contributed by atoms with van der Waals surface area (Å²) in [5.41, 5.74) is 6.82. The van der Waals surface area contributed by atoms with Crippen LogP contribution < -0.4 is 11.3 Å². The van der Waals surface area contributed by atoms with Crippen molar-refractivity contribution >= 4 is 30.1 Å². The van der Waals surface area contributed by atoms with E-state index >= 15 is 0 Å². The highest BCUT2D eigenvalue weighted by Crippen LogP contribution is 2.28. The fourth-order valence-corrected chi connectivity index (χ4v) is 3.94. The third kappa shape index (κ3) is 5.16. The molecule has 1 amide bonds. The van der Waals surface area contributed by atoms with Crippen molar-refractivity contribution in [3.63, 3.8) is 0 Å². The highest BCUT2D eigenvalue weighted by atomic mass is 35.5. The summed E-state index contributed by atoms with van der Waals surface area (Å²) in [5.74, 6) is -0.760. The lowest BCUT2D eigenvalue weighted by molar-refractivity contribution is -0.146. The molecular weight excluding hydrogens is 434 g/mol. The number of nitrogens with one attached hydrogen (secondary N) is 1. The van der Waals surface area contributed by atoms with E-state index in [-0.39, 0.29) is 47.6 Å². The van der Waals surface area contributed by atoms with Crippen LogP contribution >= 0.6 is 12.4 Å². The molecule has 1 aliphatic rings. The van der Waals surface area contributed by atoms with Crippen LogP contribution in [-0.2, 0) is 16.6 Å². The maximum Gasteiger partial charge on any atom is 0.308 e. The number of amidine groups is 1. The van der Waals surface area contributed by atoms with Gasteiger partial charge in [0.1, 0.15) is 11.4 Å². The van der Waals surface area contributed by atoms with Gasteiger partial charge in [-0.3, -0.25) is 19.8 Å². The number of nitrogen functional groups attached to an aromatic ring is 1. The molecule has 1 fully saturated rings. The number of carbonyl (C=O) groups excluding carboxylic acids is 2. The predicted molar refractivity (Wildman–Crippen MR) is 123 cm³/mol. The fourth-order valence-electron chi connectivity index (χ4n) is 3.94. The predicted octanol–water partition coefficient (Wildman–Crippen LogP) is 1.96. The number of hydrogen-bond donors (Lipinski definition) is 2. The molecule has 3 N–H and O–H groups in total. The number of methoxy groups -OCH3 is 1. The summed E-state index contributed by atoms with van der Waals surface area (Å²) < 4.78 is 5.97. The molecule has 0 radical (unpaired) electrons. The number of esters is 1. The molecule has 1 aromatic carbocycles. The second kappa shape index (κ2) is 10.4. The molecule has 32 heavy (non-hydrogen) atoms. The first-order valence-electron chi connectivity index (χ1n) is 10.1. The normalized spacial score (nSPS) is 17.7. The van der Waals surface area contributed by atoms with Crippen molar-refractivity contribution in [3.8, 4) is 11.3 Å². The van der Waals surface area contributed by atoms with Gasteiger partial charge in [-0.25, -0.2) is 4.68 Å². The van der Waals surface area contributed by atoms with Gasteiger partial charge in [0, 0.05) is 31.3 Å². The van der Waals surface area contributed by atoms with Crippen LogP contribution in [0.1, 0.15) is 41.6 Å². The number of halogens is 1. The smallest absolute Gasteiger partial charge is 0.308 e. The second-order valence-corrected chi connectivity index (χ2v) is 7.81. The topological polar surface area (TPSA) is 131 Å². The maximum atomic E-state index is 13.2. The number of amides is 1. The maximum absolute atomic E-state index is 13.2. The molecule has 1 aliphatic carbocycles. The Hall–Kier alpha value is -3.20. The number of rotatable bonds is 5. The summed E-state index contributed by atoms with van der Waals surface area (Å²) in [7, 11) is 4.58. The lowest BCUT2D eigenvalue weighted by Gasteiger charge is -2.33. The van der Waals surface area contributed by atoms with Gasteiger partial charge in [-0.05, 0) is 31.7 Å². The molecule has 0 unspecified atom stereocenters. The van der Waals surface area contributed by atoms with E-state index in [0.29, 0.717) is 42.5 Å². The lowest BCUT2D eigenvalue weighted by Crippen LogP contribution is -2.43. The zero-order valence-electron chi connectivity index (χ0n) is 18.3. The van der Waals surface area contributed by atoms with Crippen LogP contribution in [0, 0.1) is 11.3 Å². The molecule has 0 bridgehead atoms. The quantitative estimate of drug-likeness (QED) is 0.397. The van der Waals surface area contributed by atoms with Crippen molar-refractivity contribution in [2.45, 2.75) is 31.7 Å². The monoisotopic (exact) mass is 461 g/mol.